The number of benzene rings is 1. The summed E-state index contributed by atoms with van der Waals surface area (Å²) in [6.07, 6.45) is 0. The van der Waals surface area contributed by atoms with Gasteiger partial charge in [-0.2, -0.15) is 0 Å². The van der Waals surface area contributed by atoms with Gasteiger partial charge in [0.05, 0.1) is 12.1 Å². The second kappa shape index (κ2) is 4.58. The van der Waals surface area contributed by atoms with E-state index in [2.05, 4.69) is 20.9 Å². The van der Waals surface area contributed by atoms with E-state index in [1.54, 1.807) is 17.7 Å². The third-order valence-electron chi connectivity index (χ3n) is 2.49. The number of rotatable bonds is 2. The molecule has 17 heavy (non-hydrogen) atoms. The van der Waals surface area contributed by atoms with E-state index in [1.807, 2.05) is 19.2 Å². The maximum Gasteiger partial charge on any atom is 0.201 e. The van der Waals surface area contributed by atoms with Gasteiger partial charge in [0.1, 0.15) is 16.0 Å². The second-order valence-electron chi connectivity index (χ2n) is 3.51. The Hall–Kier alpha value is -1.20. The van der Waals surface area contributed by atoms with E-state index in [4.69, 9.17) is 22.1 Å². The molecule has 0 spiro atoms. The van der Waals surface area contributed by atoms with E-state index in [0.29, 0.717) is 16.7 Å². The first kappa shape index (κ1) is 12.3. The second-order valence-corrected chi connectivity index (χ2v) is 4.67. The van der Waals surface area contributed by atoms with Gasteiger partial charge in [-0.15, -0.1) is 0 Å². The minimum Gasteiger partial charge on any atom is -0.497 e. The lowest BCUT2D eigenvalue weighted by Gasteiger charge is -2.05. The molecule has 0 saturated carbocycles. The molecule has 0 fully saturated rings. The van der Waals surface area contributed by atoms with Gasteiger partial charge in [-0.3, -0.25) is 0 Å². The Bertz CT molecular complexity index is 568. The molecular formula is C11H11BrClN3O. The summed E-state index contributed by atoms with van der Waals surface area (Å²) in [6.45, 7) is 0. The summed E-state index contributed by atoms with van der Waals surface area (Å²) in [4.78, 5) is 4.26. The SMILES string of the molecule is COc1ccc(-c2nc(N)n(C)c2Br)c(Cl)c1. The zero-order valence-corrected chi connectivity index (χ0v) is 11.7. The summed E-state index contributed by atoms with van der Waals surface area (Å²) in [7, 11) is 3.42. The van der Waals surface area contributed by atoms with Gasteiger partial charge in [-0.25, -0.2) is 4.98 Å². The number of imidazole rings is 1. The fourth-order valence-corrected chi connectivity index (χ4v) is 2.23. The Labute approximate surface area is 112 Å². The first-order chi connectivity index (χ1) is 8.04. The highest BCUT2D eigenvalue weighted by molar-refractivity contribution is 9.10. The first-order valence-corrected chi connectivity index (χ1v) is 6.03. The van der Waals surface area contributed by atoms with Crippen molar-refractivity contribution in [3.05, 3.63) is 27.8 Å². The molecule has 0 aliphatic rings. The highest BCUT2D eigenvalue weighted by atomic mass is 79.9. The van der Waals surface area contributed by atoms with Crippen LogP contribution in [0, 0.1) is 0 Å². The van der Waals surface area contributed by atoms with Crippen molar-refractivity contribution in [3.63, 3.8) is 0 Å². The van der Waals surface area contributed by atoms with Crippen LogP contribution in [0.4, 0.5) is 5.95 Å². The van der Waals surface area contributed by atoms with Crippen LogP contribution in [0.3, 0.4) is 0 Å². The third-order valence-corrected chi connectivity index (χ3v) is 3.71. The van der Waals surface area contributed by atoms with E-state index in [9.17, 15) is 0 Å². The topological polar surface area (TPSA) is 53.1 Å². The standard InChI is InChI=1S/C11H11BrClN3O/c1-16-10(12)9(15-11(16)14)7-4-3-6(17-2)5-8(7)13/h3-5H,1-2H3,(H2,14,15). The van der Waals surface area contributed by atoms with Crippen LogP contribution >= 0.6 is 27.5 Å². The number of anilines is 1. The largest absolute Gasteiger partial charge is 0.497 e. The summed E-state index contributed by atoms with van der Waals surface area (Å²) in [5.41, 5.74) is 7.27. The van der Waals surface area contributed by atoms with Crippen molar-refractivity contribution in [3.8, 4) is 17.0 Å². The number of hydrogen-bond acceptors (Lipinski definition) is 3. The van der Waals surface area contributed by atoms with Gasteiger partial charge in [-0.05, 0) is 34.1 Å². The maximum absolute atomic E-state index is 6.19. The Balaban J connectivity index is 2.57. The fraction of sp³-hybridized carbons (Fsp3) is 0.182. The summed E-state index contributed by atoms with van der Waals surface area (Å²) >= 11 is 9.62. The van der Waals surface area contributed by atoms with E-state index in [1.165, 1.54) is 0 Å². The van der Waals surface area contributed by atoms with Crippen molar-refractivity contribution >= 4 is 33.5 Å². The highest BCUT2D eigenvalue weighted by Gasteiger charge is 2.15. The summed E-state index contributed by atoms with van der Waals surface area (Å²) in [5, 5.41) is 0.572. The maximum atomic E-state index is 6.19. The lowest BCUT2D eigenvalue weighted by Crippen LogP contribution is -1.96. The Morgan fingerprint density at radius 1 is 1.47 bits per heavy atom. The number of nitrogens with two attached hydrogens (primary N) is 1. The number of nitrogen functional groups attached to an aromatic ring is 1. The molecule has 1 heterocycles. The third kappa shape index (κ3) is 2.12. The van der Waals surface area contributed by atoms with Crippen LogP contribution in [-0.2, 0) is 7.05 Å². The molecule has 0 aliphatic heterocycles. The van der Waals surface area contributed by atoms with Crippen molar-refractivity contribution in [1.29, 1.82) is 0 Å². The molecular weight excluding hydrogens is 305 g/mol. The van der Waals surface area contributed by atoms with Gasteiger partial charge in [0.25, 0.3) is 0 Å². The van der Waals surface area contributed by atoms with Crippen LogP contribution < -0.4 is 10.5 Å². The van der Waals surface area contributed by atoms with E-state index in [0.717, 1.165) is 15.9 Å². The van der Waals surface area contributed by atoms with E-state index < -0.39 is 0 Å². The molecule has 0 radical (unpaired) electrons. The number of halogens is 2. The van der Waals surface area contributed by atoms with Crippen LogP contribution in [0.2, 0.25) is 5.02 Å². The number of ether oxygens (including phenoxy) is 1. The summed E-state index contributed by atoms with van der Waals surface area (Å²) in [5.74, 6) is 1.14. The summed E-state index contributed by atoms with van der Waals surface area (Å²) < 4.78 is 7.64. The van der Waals surface area contributed by atoms with Crippen LogP contribution in [0.1, 0.15) is 0 Å². The number of methoxy groups -OCH3 is 1. The van der Waals surface area contributed by atoms with Crippen molar-refractivity contribution in [2.75, 3.05) is 12.8 Å². The van der Waals surface area contributed by atoms with Gasteiger partial charge in [-0.1, -0.05) is 11.6 Å². The highest BCUT2D eigenvalue weighted by Crippen LogP contribution is 2.35. The molecule has 0 saturated heterocycles. The average molecular weight is 317 g/mol. The summed E-state index contributed by atoms with van der Waals surface area (Å²) in [6, 6.07) is 5.43. The minimum atomic E-state index is 0.429. The van der Waals surface area contributed by atoms with Crippen molar-refractivity contribution < 1.29 is 4.74 Å². The Kier molecular flexibility index (Phi) is 3.31. The lowest BCUT2D eigenvalue weighted by atomic mass is 10.1. The monoisotopic (exact) mass is 315 g/mol. The van der Waals surface area contributed by atoms with Gasteiger partial charge in [0.2, 0.25) is 5.95 Å². The number of nitrogens with zero attached hydrogens (tertiary/aromatic N) is 2. The zero-order valence-electron chi connectivity index (χ0n) is 9.37. The van der Waals surface area contributed by atoms with Crippen molar-refractivity contribution in [1.82, 2.24) is 9.55 Å². The molecule has 4 nitrogen and oxygen atoms in total. The molecule has 2 rings (SSSR count). The van der Waals surface area contributed by atoms with Crippen LogP contribution in [-0.4, -0.2) is 16.7 Å². The van der Waals surface area contributed by atoms with Crippen molar-refractivity contribution in [2.45, 2.75) is 0 Å². The predicted octanol–water partition coefficient (Wildman–Crippen LogP) is 3.09. The van der Waals surface area contributed by atoms with Gasteiger partial charge >= 0.3 is 0 Å². The fourth-order valence-electron chi connectivity index (χ4n) is 1.48. The molecule has 0 amide bonds. The van der Waals surface area contributed by atoms with Crippen molar-refractivity contribution in [2.24, 2.45) is 7.05 Å². The first-order valence-electron chi connectivity index (χ1n) is 4.86. The molecule has 90 valence electrons. The van der Waals surface area contributed by atoms with Crippen LogP contribution in [0.5, 0.6) is 5.75 Å². The smallest absolute Gasteiger partial charge is 0.201 e. The Morgan fingerprint density at radius 2 is 2.18 bits per heavy atom. The quantitative estimate of drug-likeness (QED) is 0.926. The lowest BCUT2D eigenvalue weighted by molar-refractivity contribution is 0.415. The van der Waals surface area contributed by atoms with E-state index >= 15 is 0 Å². The molecule has 1 aromatic heterocycles. The zero-order chi connectivity index (χ0) is 12.6. The number of aromatic nitrogens is 2. The normalized spacial score (nSPS) is 10.6. The van der Waals surface area contributed by atoms with Gasteiger partial charge in [0.15, 0.2) is 0 Å². The minimum absolute atomic E-state index is 0.429. The molecule has 1 aromatic carbocycles. The number of hydrogen-bond donors (Lipinski definition) is 1. The molecule has 2 N–H and O–H groups in total. The molecule has 0 aliphatic carbocycles. The molecule has 0 atom stereocenters. The van der Waals surface area contributed by atoms with E-state index in [-0.39, 0.29) is 0 Å². The van der Waals surface area contributed by atoms with Gasteiger partial charge in [0, 0.05) is 12.6 Å². The molecule has 0 bridgehead atoms. The molecule has 6 heteroatoms. The Morgan fingerprint density at radius 3 is 2.65 bits per heavy atom. The average Bonchev–Trinajstić information content (AvgIpc) is 2.57. The molecule has 0 unspecified atom stereocenters. The molecule has 2 aromatic rings. The van der Waals surface area contributed by atoms with Crippen LogP contribution in [0.15, 0.2) is 22.8 Å². The van der Waals surface area contributed by atoms with Crippen LogP contribution in [0.25, 0.3) is 11.3 Å². The predicted molar refractivity (Wildman–Crippen MR) is 72.3 cm³/mol. The van der Waals surface area contributed by atoms with Gasteiger partial charge < -0.3 is 15.0 Å².